The van der Waals surface area contributed by atoms with Crippen LogP contribution < -0.4 is 10.0 Å². The fourth-order valence-corrected chi connectivity index (χ4v) is 3.54. The van der Waals surface area contributed by atoms with E-state index in [1.165, 1.54) is 23.9 Å². The van der Waals surface area contributed by atoms with Gasteiger partial charge in [-0.05, 0) is 42.7 Å². The first-order valence-corrected chi connectivity index (χ1v) is 9.81. The molecule has 2 aromatic carbocycles. The lowest BCUT2D eigenvalue weighted by Gasteiger charge is -2.10. The van der Waals surface area contributed by atoms with E-state index in [-0.39, 0.29) is 23.8 Å². The van der Waals surface area contributed by atoms with Gasteiger partial charge in [0.25, 0.3) is 0 Å². The molecule has 0 spiro atoms. The summed E-state index contributed by atoms with van der Waals surface area (Å²) < 4.78 is 39.2. The summed E-state index contributed by atoms with van der Waals surface area (Å²) in [6, 6.07) is 11.8. The smallest absolute Gasteiger partial charge is 0.240 e. The van der Waals surface area contributed by atoms with Crippen molar-refractivity contribution < 1.29 is 17.6 Å². The monoisotopic (exact) mass is 368 g/mol. The molecule has 0 aliphatic carbocycles. The quantitative estimate of drug-likeness (QED) is 0.737. The zero-order valence-corrected chi connectivity index (χ0v) is 14.6. The number of sulfonamides is 1. The van der Waals surface area contributed by atoms with E-state index < -0.39 is 15.8 Å². The Morgan fingerprint density at radius 1 is 1.12 bits per heavy atom. The second-order valence-corrected chi connectivity index (χ2v) is 7.47. The van der Waals surface area contributed by atoms with Crippen LogP contribution in [0.25, 0.3) is 0 Å². The Balaban J connectivity index is 1.89. The van der Waals surface area contributed by atoms with Crippen LogP contribution in [0, 0.1) is 5.82 Å². The first-order valence-electron chi connectivity index (χ1n) is 7.10. The van der Waals surface area contributed by atoms with Gasteiger partial charge >= 0.3 is 0 Å². The highest BCUT2D eigenvalue weighted by molar-refractivity contribution is 7.98. The van der Waals surface area contributed by atoms with E-state index in [1.54, 1.807) is 6.07 Å². The maximum Gasteiger partial charge on any atom is 0.240 e. The Kier molecular flexibility index (Phi) is 6.36. The van der Waals surface area contributed by atoms with Crippen LogP contribution in [0.3, 0.4) is 0 Å². The SMILES string of the molecule is CSc1ccccc1NC(=O)CCNS(=O)(=O)c1ccc(F)cc1. The Morgan fingerprint density at radius 3 is 2.46 bits per heavy atom. The van der Waals surface area contributed by atoms with Gasteiger partial charge in [0.1, 0.15) is 5.82 Å². The average molecular weight is 368 g/mol. The van der Waals surface area contributed by atoms with Crippen LogP contribution in [0.1, 0.15) is 6.42 Å². The minimum atomic E-state index is -3.76. The Bertz CT molecular complexity index is 808. The summed E-state index contributed by atoms with van der Waals surface area (Å²) in [7, 11) is -3.76. The fraction of sp³-hybridized carbons (Fsp3) is 0.188. The molecular formula is C16H17FN2O3S2. The highest BCUT2D eigenvalue weighted by Crippen LogP contribution is 2.24. The van der Waals surface area contributed by atoms with Gasteiger partial charge in [0, 0.05) is 17.9 Å². The van der Waals surface area contributed by atoms with Crippen LogP contribution in [0.4, 0.5) is 10.1 Å². The van der Waals surface area contributed by atoms with Crippen LogP contribution in [0.5, 0.6) is 0 Å². The Labute approximate surface area is 144 Å². The molecule has 0 unspecified atom stereocenters. The molecule has 0 aromatic heterocycles. The fourth-order valence-electron chi connectivity index (χ4n) is 1.96. The first-order chi connectivity index (χ1) is 11.4. The molecule has 5 nitrogen and oxygen atoms in total. The van der Waals surface area contributed by atoms with Crippen molar-refractivity contribution >= 4 is 33.4 Å². The molecule has 0 saturated heterocycles. The number of hydrogen-bond acceptors (Lipinski definition) is 4. The standard InChI is InChI=1S/C16H17FN2O3S2/c1-23-15-5-3-2-4-14(15)19-16(20)10-11-18-24(21,22)13-8-6-12(17)7-9-13/h2-9,18H,10-11H2,1H3,(H,19,20). The van der Waals surface area contributed by atoms with Crippen molar-refractivity contribution in [2.45, 2.75) is 16.2 Å². The highest BCUT2D eigenvalue weighted by atomic mass is 32.2. The molecule has 1 amide bonds. The number of carbonyl (C=O) groups excluding carboxylic acids is 1. The number of benzene rings is 2. The normalized spacial score (nSPS) is 11.2. The van der Waals surface area contributed by atoms with Crippen LogP contribution >= 0.6 is 11.8 Å². The second kappa shape index (κ2) is 8.27. The van der Waals surface area contributed by atoms with Crippen molar-refractivity contribution in [3.63, 3.8) is 0 Å². The van der Waals surface area contributed by atoms with Gasteiger partial charge in [-0.15, -0.1) is 11.8 Å². The lowest BCUT2D eigenvalue weighted by atomic mass is 10.3. The maximum atomic E-state index is 12.8. The summed E-state index contributed by atoms with van der Waals surface area (Å²) in [4.78, 5) is 12.8. The number of hydrogen-bond donors (Lipinski definition) is 2. The zero-order chi connectivity index (χ0) is 17.6. The summed E-state index contributed by atoms with van der Waals surface area (Å²) in [6.07, 6.45) is 1.89. The molecule has 2 rings (SSSR count). The molecule has 0 aliphatic rings. The van der Waals surface area contributed by atoms with E-state index in [0.717, 1.165) is 17.0 Å². The van der Waals surface area contributed by atoms with Crippen molar-refractivity contribution in [2.75, 3.05) is 18.1 Å². The molecule has 128 valence electrons. The number of amides is 1. The van der Waals surface area contributed by atoms with Crippen molar-refractivity contribution in [2.24, 2.45) is 0 Å². The topological polar surface area (TPSA) is 75.3 Å². The number of carbonyl (C=O) groups is 1. The largest absolute Gasteiger partial charge is 0.325 e. The molecule has 0 bridgehead atoms. The minimum Gasteiger partial charge on any atom is -0.325 e. The third kappa shape index (κ3) is 5.05. The van der Waals surface area contributed by atoms with Gasteiger partial charge in [-0.2, -0.15) is 0 Å². The molecule has 0 atom stereocenters. The zero-order valence-electron chi connectivity index (χ0n) is 13.0. The second-order valence-electron chi connectivity index (χ2n) is 4.85. The lowest BCUT2D eigenvalue weighted by Crippen LogP contribution is -2.27. The Hall–Kier alpha value is -1.90. The van der Waals surface area contributed by atoms with Gasteiger partial charge in [-0.25, -0.2) is 17.5 Å². The van der Waals surface area contributed by atoms with E-state index in [4.69, 9.17) is 0 Å². The van der Waals surface area contributed by atoms with Crippen molar-refractivity contribution in [3.8, 4) is 0 Å². The Morgan fingerprint density at radius 2 is 1.79 bits per heavy atom. The number of rotatable bonds is 7. The van der Waals surface area contributed by atoms with Crippen molar-refractivity contribution in [3.05, 3.63) is 54.3 Å². The molecule has 0 aliphatic heterocycles. The van der Waals surface area contributed by atoms with Gasteiger partial charge in [0.15, 0.2) is 0 Å². The van der Waals surface area contributed by atoms with Crippen LogP contribution in [-0.4, -0.2) is 27.1 Å². The van der Waals surface area contributed by atoms with Crippen LogP contribution in [0.2, 0.25) is 0 Å². The average Bonchev–Trinajstić information content (AvgIpc) is 2.55. The molecular weight excluding hydrogens is 351 g/mol. The van der Waals surface area contributed by atoms with E-state index in [9.17, 15) is 17.6 Å². The molecule has 0 saturated carbocycles. The molecule has 24 heavy (non-hydrogen) atoms. The summed E-state index contributed by atoms with van der Waals surface area (Å²) in [5.74, 6) is -0.806. The number of anilines is 1. The highest BCUT2D eigenvalue weighted by Gasteiger charge is 2.14. The third-order valence-corrected chi connectivity index (χ3v) is 5.42. The minimum absolute atomic E-state index is 0.0108. The van der Waals surface area contributed by atoms with E-state index in [0.29, 0.717) is 5.69 Å². The van der Waals surface area contributed by atoms with Gasteiger partial charge in [0.05, 0.1) is 10.6 Å². The van der Waals surface area contributed by atoms with Gasteiger partial charge < -0.3 is 5.32 Å². The van der Waals surface area contributed by atoms with Gasteiger partial charge in [-0.3, -0.25) is 4.79 Å². The van der Waals surface area contributed by atoms with E-state index in [2.05, 4.69) is 10.0 Å². The molecule has 2 aromatic rings. The maximum absolute atomic E-state index is 12.8. The lowest BCUT2D eigenvalue weighted by molar-refractivity contribution is -0.116. The summed E-state index contributed by atoms with van der Waals surface area (Å²) >= 11 is 1.51. The molecule has 2 N–H and O–H groups in total. The summed E-state index contributed by atoms with van der Waals surface area (Å²) in [5, 5.41) is 2.75. The van der Waals surface area contributed by atoms with Crippen molar-refractivity contribution in [1.29, 1.82) is 0 Å². The predicted octanol–water partition coefficient (Wildman–Crippen LogP) is 2.85. The van der Waals surface area contributed by atoms with Crippen molar-refractivity contribution in [1.82, 2.24) is 4.72 Å². The molecule has 0 fully saturated rings. The predicted molar refractivity (Wildman–Crippen MR) is 93.1 cm³/mol. The van der Waals surface area contributed by atoms with Crippen LogP contribution in [0.15, 0.2) is 58.3 Å². The molecule has 0 radical (unpaired) electrons. The van der Waals surface area contributed by atoms with Gasteiger partial charge in [0.2, 0.25) is 15.9 Å². The summed E-state index contributed by atoms with van der Waals surface area (Å²) in [5.41, 5.74) is 0.691. The molecule has 8 heteroatoms. The number of nitrogens with one attached hydrogen (secondary N) is 2. The molecule has 0 heterocycles. The first kappa shape index (κ1) is 18.4. The van der Waals surface area contributed by atoms with Crippen LogP contribution in [-0.2, 0) is 14.8 Å². The summed E-state index contributed by atoms with van der Waals surface area (Å²) in [6.45, 7) is -0.0486. The third-order valence-electron chi connectivity index (χ3n) is 3.15. The van der Waals surface area contributed by atoms with Gasteiger partial charge in [-0.1, -0.05) is 12.1 Å². The number of para-hydroxylation sites is 1. The van der Waals surface area contributed by atoms with E-state index in [1.807, 2.05) is 24.5 Å². The van der Waals surface area contributed by atoms with E-state index >= 15 is 0 Å². The number of halogens is 1. The number of thioether (sulfide) groups is 1.